The largest absolute Gasteiger partial charge is 0.361 e. The van der Waals surface area contributed by atoms with Crippen molar-refractivity contribution in [1.82, 2.24) is 4.98 Å². The Morgan fingerprint density at radius 3 is 2.50 bits per heavy atom. The monoisotopic (exact) mass is 322 g/mol. The third kappa shape index (κ3) is 2.20. The lowest BCUT2D eigenvalue weighted by molar-refractivity contribution is -0.171. The summed E-state index contributed by atoms with van der Waals surface area (Å²) >= 11 is 0. The van der Waals surface area contributed by atoms with Gasteiger partial charge in [-0.15, -0.1) is 0 Å². The summed E-state index contributed by atoms with van der Waals surface area (Å²) in [6, 6.07) is 8.05. The first-order valence-electron chi connectivity index (χ1n) is 9.03. The number of hydrogen-bond donors (Lipinski definition) is 1. The van der Waals surface area contributed by atoms with E-state index < -0.39 is 0 Å². The number of fused-ring (bicyclic) bond motifs is 1. The molecule has 4 aliphatic rings. The van der Waals surface area contributed by atoms with E-state index in [9.17, 15) is 4.79 Å². The van der Waals surface area contributed by atoms with Gasteiger partial charge in [0.15, 0.2) is 0 Å². The van der Waals surface area contributed by atoms with Crippen LogP contribution >= 0.6 is 0 Å². The molecule has 0 aliphatic heterocycles. The van der Waals surface area contributed by atoms with Crippen LogP contribution in [-0.2, 0) is 9.63 Å². The number of aromatic amines is 1. The van der Waals surface area contributed by atoms with Crippen LogP contribution in [0.5, 0.6) is 0 Å². The summed E-state index contributed by atoms with van der Waals surface area (Å²) in [5.41, 5.74) is 1.77. The first-order valence-corrected chi connectivity index (χ1v) is 9.03. The molecule has 1 heterocycles. The smallest absolute Gasteiger partial charge is 0.341 e. The summed E-state index contributed by atoms with van der Waals surface area (Å²) in [6.45, 7) is 0. The van der Waals surface area contributed by atoms with Crippen LogP contribution in [-0.4, -0.2) is 17.2 Å². The van der Waals surface area contributed by atoms with E-state index in [0.29, 0.717) is 0 Å². The van der Waals surface area contributed by atoms with Crippen molar-refractivity contribution in [3.05, 3.63) is 36.0 Å². The normalized spacial score (nSPS) is 34.2. The fraction of sp³-hybridized carbons (Fsp3) is 0.500. The zero-order valence-electron chi connectivity index (χ0n) is 13.7. The second kappa shape index (κ2) is 5.20. The van der Waals surface area contributed by atoms with Gasteiger partial charge < -0.3 is 9.82 Å². The Morgan fingerprint density at radius 1 is 1.12 bits per heavy atom. The maximum absolute atomic E-state index is 12.7. The first kappa shape index (κ1) is 14.3. The molecule has 1 N–H and O–H groups in total. The van der Waals surface area contributed by atoms with Gasteiger partial charge in [-0.2, -0.15) is 0 Å². The lowest BCUT2D eigenvalue weighted by Crippen LogP contribution is -2.50. The van der Waals surface area contributed by atoms with Gasteiger partial charge in [0.25, 0.3) is 0 Å². The molecule has 0 atom stereocenters. The van der Waals surface area contributed by atoms with Crippen molar-refractivity contribution in [1.29, 1.82) is 0 Å². The van der Waals surface area contributed by atoms with Gasteiger partial charge >= 0.3 is 5.97 Å². The molecule has 4 heteroatoms. The number of nitrogens with one attached hydrogen (secondary N) is 1. The van der Waals surface area contributed by atoms with Crippen LogP contribution in [0.15, 0.2) is 35.6 Å². The van der Waals surface area contributed by atoms with E-state index >= 15 is 0 Å². The molecule has 0 amide bonds. The fourth-order valence-electron chi connectivity index (χ4n) is 5.79. The quantitative estimate of drug-likeness (QED) is 0.521. The summed E-state index contributed by atoms with van der Waals surface area (Å²) in [5.74, 6) is 2.11. The fourth-order valence-corrected chi connectivity index (χ4v) is 5.79. The molecular formula is C20H22N2O2. The molecule has 124 valence electrons. The van der Waals surface area contributed by atoms with E-state index in [1.807, 2.05) is 30.5 Å². The van der Waals surface area contributed by atoms with E-state index in [4.69, 9.17) is 4.84 Å². The SMILES string of the molecule is O=C(O/N=C\c1c[nH]c2ccccc12)C12CC3CC(CC(C3)C1)C2. The van der Waals surface area contributed by atoms with Gasteiger partial charge in [0.05, 0.1) is 11.6 Å². The van der Waals surface area contributed by atoms with Crippen molar-refractivity contribution in [2.24, 2.45) is 28.3 Å². The summed E-state index contributed by atoms with van der Waals surface area (Å²) in [7, 11) is 0. The average Bonchev–Trinajstić information content (AvgIpc) is 2.97. The van der Waals surface area contributed by atoms with Crippen molar-refractivity contribution in [3.8, 4) is 0 Å². The van der Waals surface area contributed by atoms with Crippen LogP contribution in [0.3, 0.4) is 0 Å². The minimum absolute atomic E-state index is 0.0994. The summed E-state index contributed by atoms with van der Waals surface area (Å²) in [5, 5.41) is 5.12. The number of rotatable bonds is 3. The Morgan fingerprint density at radius 2 is 1.79 bits per heavy atom. The van der Waals surface area contributed by atoms with Crippen LogP contribution in [0.25, 0.3) is 10.9 Å². The molecule has 0 unspecified atom stereocenters. The topological polar surface area (TPSA) is 54.4 Å². The second-order valence-corrected chi connectivity index (χ2v) is 8.10. The van der Waals surface area contributed by atoms with Crippen LogP contribution in [0.2, 0.25) is 0 Å². The molecule has 4 bridgehead atoms. The van der Waals surface area contributed by atoms with E-state index in [-0.39, 0.29) is 11.4 Å². The average molecular weight is 322 g/mol. The van der Waals surface area contributed by atoms with Crippen molar-refractivity contribution in [2.45, 2.75) is 38.5 Å². The van der Waals surface area contributed by atoms with Gasteiger partial charge in [0.2, 0.25) is 0 Å². The maximum Gasteiger partial charge on any atom is 0.341 e. The summed E-state index contributed by atoms with van der Waals surface area (Å²) < 4.78 is 0. The molecule has 24 heavy (non-hydrogen) atoms. The maximum atomic E-state index is 12.7. The molecule has 1 aromatic heterocycles. The number of aromatic nitrogens is 1. The molecule has 1 aromatic carbocycles. The van der Waals surface area contributed by atoms with Gasteiger partial charge in [-0.05, 0) is 62.3 Å². The highest BCUT2D eigenvalue weighted by Gasteiger charge is 2.55. The number of benzene rings is 1. The number of hydrogen-bond acceptors (Lipinski definition) is 3. The van der Waals surface area contributed by atoms with Crippen LogP contribution < -0.4 is 0 Å². The third-order valence-electron chi connectivity index (χ3n) is 6.42. The lowest BCUT2D eigenvalue weighted by atomic mass is 9.49. The van der Waals surface area contributed by atoms with E-state index in [2.05, 4.69) is 10.1 Å². The highest BCUT2D eigenvalue weighted by atomic mass is 16.7. The molecule has 4 aliphatic carbocycles. The van der Waals surface area contributed by atoms with Crippen molar-refractivity contribution < 1.29 is 9.63 Å². The van der Waals surface area contributed by atoms with Crippen LogP contribution in [0.4, 0.5) is 0 Å². The Balaban J connectivity index is 1.32. The van der Waals surface area contributed by atoms with Gasteiger partial charge in [-0.25, -0.2) is 4.79 Å². The predicted molar refractivity (Wildman–Crippen MR) is 92.6 cm³/mol. The van der Waals surface area contributed by atoms with E-state index in [1.165, 1.54) is 19.3 Å². The number of carbonyl (C=O) groups excluding carboxylic acids is 1. The van der Waals surface area contributed by atoms with E-state index in [1.54, 1.807) is 6.21 Å². The molecule has 2 aromatic rings. The van der Waals surface area contributed by atoms with Crippen molar-refractivity contribution >= 4 is 23.1 Å². The Hall–Kier alpha value is -2.10. The third-order valence-corrected chi connectivity index (χ3v) is 6.42. The number of H-pyrrole nitrogens is 1. The van der Waals surface area contributed by atoms with Gasteiger partial charge in [-0.3, -0.25) is 0 Å². The minimum Gasteiger partial charge on any atom is -0.361 e. The van der Waals surface area contributed by atoms with Gasteiger partial charge in [0, 0.05) is 22.7 Å². The highest BCUT2D eigenvalue weighted by Crippen LogP contribution is 2.60. The van der Waals surface area contributed by atoms with Crippen molar-refractivity contribution in [2.75, 3.05) is 0 Å². The van der Waals surface area contributed by atoms with Crippen LogP contribution in [0, 0.1) is 23.2 Å². The molecule has 4 nitrogen and oxygen atoms in total. The standard InChI is InChI=1S/C20H22N2O2/c23-19(20-8-13-5-14(9-20)7-15(6-13)10-20)24-22-12-16-11-21-18-4-2-1-3-17(16)18/h1-4,11-15,21H,5-10H2/b22-12-. The van der Waals surface area contributed by atoms with Gasteiger partial charge in [-0.1, -0.05) is 23.4 Å². The molecule has 0 saturated heterocycles. The summed E-state index contributed by atoms with van der Waals surface area (Å²) in [6.07, 6.45) is 10.6. The molecule has 6 rings (SSSR count). The zero-order chi connectivity index (χ0) is 16.1. The lowest BCUT2D eigenvalue weighted by Gasteiger charge is -2.54. The first-order chi connectivity index (χ1) is 11.7. The zero-order valence-corrected chi connectivity index (χ0v) is 13.7. The number of carbonyl (C=O) groups is 1. The van der Waals surface area contributed by atoms with Gasteiger partial charge in [0.1, 0.15) is 0 Å². The van der Waals surface area contributed by atoms with Crippen LogP contribution in [0.1, 0.15) is 44.1 Å². The molecule has 4 saturated carbocycles. The Labute approximate surface area is 141 Å². The molecule has 0 radical (unpaired) electrons. The van der Waals surface area contributed by atoms with E-state index in [0.717, 1.165) is 53.5 Å². The Kier molecular flexibility index (Phi) is 3.09. The molecular weight excluding hydrogens is 300 g/mol. The summed E-state index contributed by atoms with van der Waals surface area (Å²) in [4.78, 5) is 21.3. The minimum atomic E-state index is -0.244. The molecule has 4 fully saturated rings. The predicted octanol–water partition coefficient (Wildman–Crippen LogP) is 4.26. The Bertz CT molecular complexity index is 785. The molecule has 0 spiro atoms. The number of nitrogens with zero attached hydrogens (tertiary/aromatic N) is 1. The second-order valence-electron chi connectivity index (χ2n) is 8.10. The highest BCUT2D eigenvalue weighted by molar-refractivity contribution is 5.99. The number of oxime groups is 1. The number of para-hydroxylation sites is 1. The van der Waals surface area contributed by atoms with Crippen molar-refractivity contribution in [3.63, 3.8) is 0 Å².